The van der Waals surface area contributed by atoms with Gasteiger partial charge in [-0.2, -0.15) is 4.98 Å². The van der Waals surface area contributed by atoms with E-state index >= 15 is 0 Å². The maximum atomic E-state index is 5.79. The van der Waals surface area contributed by atoms with Gasteiger partial charge in [0.05, 0.1) is 10.2 Å². The molecule has 0 aliphatic carbocycles. The van der Waals surface area contributed by atoms with E-state index in [1.54, 1.807) is 0 Å². The second-order valence-electron chi connectivity index (χ2n) is 5.29. The summed E-state index contributed by atoms with van der Waals surface area (Å²) >= 11 is 1.52. The fourth-order valence-corrected chi connectivity index (χ4v) is 3.22. The molecule has 2 aromatic heterocycles. The Morgan fingerprint density at radius 2 is 1.86 bits per heavy atom. The summed E-state index contributed by atoms with van der Waals surface area (Å²) in [7, 11) is 0. The van der Waals surface area contributed by atoms with Crippen LogP contribution in [0.2, 0.25) is 0 Å². The van der Waals surface area contributed by atoms with Crippen molar-refractivity contribution in [1.82, 2.24) is 9.97 Å². The molecule has 0 amide bonds. The number of fused-ring (bicyclic) bond motifs is 2. The molecule has 4 aromatic rings. The van der Waals surface area contributed by atoms with Crippen molar-refractivity contribution in [2.45, 2.75) is 13.8 Å². The molecule has 0 atom stereocenters. The number of nitrogens with one attached hydrogen (secondary N) is 1. The molecule has 0 unspecified atom stereocenters. The highest BCUT2D eigenvalue weighted by molar-refractivity contribution is 7.22. The van der Waals surface area contributed by atoms with Crippen LogP contribution in [0.15, 0.2) is 34.7 Å². The van der Waals surface area contributed by atoms with Gasteiger partial charge in [-0.1, -0.05) is 11.3 Å². The fourth-order valence-electron chi connectivity index (χ4n) is 2.32. The average Bonchev–Trinajstić information content (AvgIpc) is 3.02. The van der Waals surface area contributed by atoms with Gasteiger partial charge in [-0.3, -0.25) is 5.32 Å². The van der Waals surface area contributed by atoms with Crippen LogP contribution in [-0.4, -0.2) is 9.97 Å². The minimum Gasteiger partial charge on any atom is -0.423 e. The Morgan fingerprint density at radius 3 is 2.73 bits per heavy atom. The predicted octanol–water partition coefficient (Wildman–Crippen LogP) is 4.38. The summed E-state index contributed by atoms with van der Waals surface area (Å²) in [5.74, 6) is 0. The van der Waals surface area contributed by atoms with Gasteiger partial charge in [0.2, 0.25) is 0 Å². The number of benzene rings is 2. The van der Waals surface area contributed by atoms with Crippen molar-refractivity contribution in [1.29, 1.82) is 0 Å². The quantitative estimate of drug-likeness (QED) is 0.537. The highest BCUT2D eigenvalue weighted by Gasteiger charge is 2.10. The Balaban J connectivity index is 1.72. The number of thiazole rings is 1. The van der Waals surface area contributed by atoms with E-state index in [4.69, 9.17) is 10.2 Å². The molecular formula is C16H14N4OS. The van der Waals surface area contributed by atoms with E-state index in [0.29, 0.717) is 6.01 Å². The van der Waals surface area contributed by atoms with Gasteiger partial charge in [0.1, 0.15) is 5.52 Å². The van der Waals surface area contributed by atoms with Crippen LogP contribution in [0.3, 0.4) is 0 Å². The molecule has 0 spiro atoms. The third kappa shape index (κ3) is 2.17. The van der Waals surface area contributed by atoms with Crippen molar-refractivity contribution in [3.8, 4) is 0 Å². The normalized spacial score (nSPS) is 11.4. The summed E-state index contributed by atoms with van der Waals surface area (Å²) in [6, 6.07) is 10.1. The zero-order chi connectivity index (χ0) is 15.3. The largest absolute Gasteiger partial charge is 0.423 e. The van der Waals surface area contributed by atoms with Gasteiger partial charge in [-0.05, 0) is 55.3 Å². The number of nitrogens with two attached hydrogens (primary N) is 1. The van der Waals surface area contributed by atoms with E-state index in [1.807, 2.05) is 30.3 Å². The monoisotopic (exact) mass is 310 g/mol. The van der Waals surface area contributed by atoms with Gasteiger partial charge in [-0.15, -0.1) is 0 Å². The molecule has 6 heteroatoms. The lowest BCUT2D eigenvalue weighted by Crippen LogP contribution is -1.88. The number of nitrogens with zero attached hydrogens (tertiary/aromatic N) is 2. The van der Waals surface area contributed by atoms with Gasteiger partial charge in [0.15, 0.2) is 10.7 Å². The first-order valence-corrected chi connectivity index (χ1v) is 7.71. The topological polar surface area (TPSA) is 77.0 Å². The Labute approximate surface area is 130 Å². The van der Waals surface area contributed by atoms with Crippen LogP contribution in [0.4, 0.5) is 16.8 Å². The number of anilines is 3. The van der Waals surface area contributed by atoms with Crippen LogP contribution in [0.1, 0.15) is 11.1 Å². The minimum atomic E-state index is 0.451. The van der Waals surface area contributed by atoms with Crippen LogP contribution >= 0.6 is 11.3 Å². The summed E-state index contributed by atoms with van der Waals surface area (Å²) in [5, 5.41) is 3.87. The molecular weight excluding hydrogens is 296 g/mol. The third-order valence-corrected chi connectivity index (χ3v) is 4.56. The lowest BCUT2D eigenvalue weighted by molar-refractivity contribution is 0.622. The molecule has 0 saturated carbocycles. The summed E-state index contributed by atoms with van der Waals surface area (Å²) in [4.78, 5) is 8.97. The zero-order valence-electron chi connectivity index (χ0n) is 12.2. The highest BCUT2D eigenvalue weighted by atomic mass is 32.1. The van der Waals surface area contributed by atoms with Gasteiger partial charge in [-0.25, -0.2) is 4.98 Å². The van der Waals surface area contributed by atoms with E-state index < -0.39 is 0 Å². The van der Waals surface area contributed by atoms with E-state index in [9.17, 15) is 0 Å². The first-order chi connectivity index (χ1) is 10.6. The number of aromatic nitrogens is 2. The summed E-state index contributed by atoms with van der Waals surface area (Å²) in [6.45, 7) is 4.12. The van der Waals surface area contributed by atoms with Gasteiger partial charge in [0, 0.05) is 5.69 Å². The van der Waals surface area contributed by atoms with Gasteiger partial charge >= 0.3 is 6.01 Å². The van der Waals surface area contributed by atoms with Crippen molar-refractivity contribution in [3.05, 3.63) is 41.5 Å². The maximum absolute atomic E-state index is 5.79. The molecule has 2 aromatic carbocycles. The summed E-state index contributed by atoms with van der Waals surface area (Å²) in [6.07, 6.45) is 0. The van der Waals surface area contributed by atoms with Crippen molar-refractivity contribution < 1.29 is 4.42 Å². The number of hydrogen-bond acceptors (Lipinski definition) is 6. The van der Waals surface area contributed by atoms with Gasteiger partial charge < -0.3 is 10.2 Å². The van der Waals surface area contributed by atoms with Crippen LogP contribution in [0.25, 0.3) is 21.3 Å². The molecule has 4 rings (SSSR count). The van der Waals surface area contributed by atoms with Gasteiger partial charge in [0.25, 0.3) is 0 Å². The van der Waals surface area contributed by atoms with Crippen LogP contribution in [0, 0.1) is 13.8 Å². The molecule has 0 saturated heterocycles. The second-order valence-corrected chi connectivity index (χ2v) is 6.33. The molecule has 0 aliphatic heterocycles. The Morgan fingerprint density at radius 1 is 1.05 bits per heavy atom. The van der Waals surface area contributed by atoms with Crippen molar-refractivity contribution in [3.63, 3.8) is 0 Å². The van der Waals surface area contributed by atoms with Crippen LogP contribution in [0.5, 0.6) is 0 Å². The lowest BCUT2D eigenvalue weighted by atomic mass is 10.1. The molecule has 0 aliphatic rings. The second kappa shape index (κ2) is 4.71. The molecule has 22 heavy (non-hydrogen) atoms. The first kappa shape index (κ1) is 13.1. The van der Waals surface area contributed by atoms with E-state index in [1.165, 1.54) is 22.5 Å². The number of hydrogen-bond donors (Lipinski definition) is 2. The van der Waals surface area contributed by atoms with Crippen molar-refractivity contribution in [2.75, 3.05) is 11.1 Å². The Hall–Kier alpha value is -2.60. The molecule has 0 bridgehead atoms. The molecule has 110 valence electrons. The maximum Gasteiger partial charge on any atom is 0.302 e. The number of aryl methyl sites for hydroxylation is 2. The summed E-state index contributed by atoms with van der Waals surface area (Å²) in [5.41, 5.74) is 11.4. The summed E-state index contributed by atoms with van der Waals surface area (Å²) < 4.78 is 6.78. The smallest absolute Gasteiger partial charge is 0.302 e. The first-order valence-electron chi connectivity index (χ1n) is 6.89. The number of rotatable bonds is 2. The molecule has 0 fully saturated rings. The van der Waals surface area contributed by atoms with Crippen molar-refractivity contribution in [2.24, 2.45) is 0 Å². The Bertz CT molecular complexity index is 963. The van der Waals surface area contributed by atoms with E-state index in [0.717, 1.165) is 32.1 Å². The predicted molar refractivity (Wildman–Crippen MR) is 90.8 cm³/mol. The Kier molecular flexibility index (Phi) is 2.80. The average molecular weight is 310 g/mol. The molecule has 3 N–H and O–H groups in total. The lowest BCUT2D eigenvalue weighted by Gasteiger charge is -1.96. The van der Waals surface area contributed by atoms with E-state index in [2.05, 4.69) is 29.1 Å². The van der Waals surface area contributed by atoms with Crippen LogP contribution in [-0.2, 0) is 0 Å². The third-order valence-electron chi connectivity index (χ3n) is 3.63. The SMILES string of the molecule is Cc1cc2nc(Nc3nc4ccc(N)cc4s3)oc2cc1C. The standard InChI is InChI=1S/C16H14N4OS/c1-8-5-12-13(6-9(8)2)21-15(18-12)20-16-19-11-4-3-10(17)7-14(11)22-16/h3-7H,17H2,1-2H3,(H,18,19,20). The minimum absolute atomic E-state index is 0.451. The zero-order valence-corrected chi connectivity index (χ0v) is 13.0. The van der Waals surface area contributed by atoms with Crippen molar-refractivity contribution >= 4 is 49.5 Å². The molecule has 5 nitrogen and oxygen atoms in total. The fraction of sp³-hybridized carbons (Fsp3) is 0.125. The number of oxazole rings is 1. The highest BCUT2D eigenvalue weighted by Crippen LogP contribution is 2.30. The van der Waals surface area contributed by atoms with Crippen LogP contribution < -0.4 is 11.1 Å². The number of nitrogen functional groups attached to an aromatic ring is 1. The molecule has 0 radical (unpaired) electrons. The van der Waals surface area contributed by atoms with E-state index in [-0.39, 0.29) is 0 Å². The molecule has 2 heterocycles.